The minimum absolute atomic E-state index is 0.0252. The van der Waals surface area contributed by atoms with Crippen molar-refractivity contribution in [3.05, 3.63) is 18.2 Å². The third-order valence-electron chi connectivity index (χ3n) is 1.23. The lowest BCUT2D eigenvalue weighted by Gasteiger charge is -2.11. The molecule has 0 aliphatic heterocycles. The number of aryl methyl sites for hydroxylation is 1. The number of nitrogens with zero attached hydrogens (tertiary/aromatic N) is 2. The fourth-order valence-electron chi connectivity index (χ4n) is 0.794. The molecule has 0 aliphatic carbocycles. The molecular formula is C6H12N2S. The molecule has 0 fully saturated rings. The van der Waals surface area contributed by atoms with Gasteiger partial charge in [0.25, 0.3) is 0 Å². The molecule has 1 aromatic rings. The molecule has 1 aromatic heterocycles. The lowest BCUT2D eigenvalue weighted by molar-refractivity contribution is 1.09. The van der Waals surface area contributed by atoms with E-state index in [1.54, 1.807) is 0 Å². The number of aromatic nitrogens is 2. The molecule has 3 heteroatoms. The largest absolute Gasteiger partial charge is 0.300 e. The first-order chi connectivity index (χ1) is 4.22. The summed E-state index contributed by atoms with van der Waals surface area (Å²) in [4.78, 5) is 4.12. The molecule has 2 nitrogen and oxygen atoms in total. The van der Waals surface area contributed by atoms with Gasteiger partial charge in [0.05, 0.1) is 0 Å². The fraction of sp³-hybridized carbons (Fsp3) is 0.500. The number of thiol groups is 1. The summed E-state index contributed by atoms with van der Waals surface area (Å²) in [6.45, 7) is 2.03. The Bertz CT molecular complexity index is 193. The van der Waals surface area contributed by atoms with Gasteiger partial charge in [0.2, 0.25) is 0 Å². The number of hydrogen-bond donors (Lipinski definition) is 1. The topological polar surface area (TPSA) is 17.8 Å². The van der Waals surface area contributed by atoms with Gasteiger partial charge in [-0.05, 0) is 19.4 Å². The summed E-state index contributed by atoms with van der Waals surface area (Å²) in [6.07, 6.45) is 8.30. The van der Waals surface area contributed by atoms with Crippen LogP contribution in [-0.4, -0.2) is 21.5 Å². The van der Waals surface area contributed by atoms with E-state index in [2.05, 4.69) is 21.5 Å². The van der Waals surface area contributed by atoms with Crippen molar-refractivity contribution in [3.63, 3.8) is 0 Å². The first kappa shape index (κ1) is 6.68. The van der Waals surface area contributed by atoms with Gasteiger partial charge < -0.3 is 0 Å². The zero-order valence-electron chi connectivity index (χ0n) is 6.00. The van der Waals surface area contributed by atoms with Crippen molar-refractivity contribution >= 4 is 11.1 Å². The van der Waals surface area contributed by atoms with Crippen LogP contribution in [0.5, 0.6) is 0 Å². The molecule has 1 heterocycles. The molecule has 0 atom stereocenters. The van der Waals surface area contributed by atoms with Crippen molar-refractivity contribution in [1.82, 2.24) is 8.96 Å². The molecular weight excluding hydrogens is 132 g/mol. The van der Waals surface area contributed by atoms with E-state index in [0.29, 0.717) is 0 Å². The number of imidazole rings is 1. The van der Waals surface area contributed by atoms with E-state index in [9.17, 15) is 0 Å². The van der Waals surface area contributed by atoms with Gasteiger partial charge in [0.15, 0.2) is 0 Å². The smallest absolute Gasteiger partial charge is 0.113 e. The van der Waals surface area contributed by atoms with Crippen LogP contribution in [0.2, 0.25) is 0 Å². The highest BCUT2D eigenvalue weighted by Crippen LogP contribution is 2.18. The molecule has 0 saturated heterocycles. The maximum Gasteiger partial charge on any atom is 0.113 e. The van der Waals surface area contributed by atoms with Crippen LogP contribution >= 0.6 is 11.1 Å². The predicted octanol–water partition coefficient (Wildman–Crippen LogP) is 1.22. The number of rotatable bonds is 1. The monoisotopic (exact) mass is 144 g/mol. The van der Waals surface area contributed by atoms with Gasteiger partial charge in [-0.25, -0.2) is 4.98 Å². The highest BCUT2D eigenvalue weighted by Gasteiger charge is 1.94. The van der Waals surface area contributed by atoms with Gasteiger partial charge >= 0.3 is 0 Å². The second-order valence-corrected chi connectivity index (χ2v) is 4.29. The summed E-state index contributed by atoms with van der Waals surface area (Å²) in [6, 6.07) is 0. The van der Waals surface area contributed by atoms with Crippen LogP contribution in [0.25, 0.3) is 0 Å². The van der Waals surface area contributed by atoms with E-state index in [1.807, 2.05) is 19.3 Å². The van der Waals surface area contributed by atoms with Crippen molar-refractivity contribution in [1.29, 1.82) is 0 Å². The minimum Gasteiger partial charge on any atom is -0.300 e. The molecule has 0 unspecified atom stereocenters. The molecule has 52 valence electrons. The quantitative estimate of drug-likeness (QED) is 0.587. The molecule has 0 N–H and O–H groups in total. The van der Waals surface area contributed by atoms with Crippen LogP contribution in [0, 0.1) is 6.92 Å². The third-order valence-corrected chi connectivity index (χ3v) is 2.52. The van der Waals surface area contributed by atoms with Gasteiger partial charge in [0.1, 0.15) is 5.82 Å². The first-order valence-electron chi connectivity index (χ1n) is 2.89. The van der Waals surface area contributed by atoms with Crippen LogP contribution in [0.15, 0.2) is 12.4 Å². The zero-order valence-corrected chi connectivity index (χ0v) is 6.89. The van der Waals surface area contributed by atoms with Gasteiger partial charge in [-0.2, -0.15) is 11.1 Å². The first-order valence-corrected chi connectivity index (χ1v) is 5.08. The summed E-state index contributed by atoms with van der Waals surface area (Å²) >= 11 is -0.0252. The molecule has 0 radical (unpaired) electrons. The van der Waals surface area contributed by atoms with E-state index in [4.69, 9.17) is 0 Å². The molecule has 0 saturated carbocycles. The van der Waals surface area contributed by atoms with E-state index < -0.39 is 0 Å². The van der Waals surface area contributed by atoms with E-state index >= 15 is 0 Å². The molecule has 0 spiro atoms. The highest BCUT2D eigenvalue weighted by molar-refractivity contribution is 8.14. The van der Waals surface area contributed by atoms with E-state index in [1.165, 1.54) is 0 Å². The van der Waals surface area contributed by atoms with Crippen molar-refractivity contribution in [2.75, 3.05) is 12.5 Å². The van der Waals surface area contributed by atoms with Crippen LogP contribution < -0.4 is 0 Å². The third kappa shape index (κ3) is 1.27. The Labute approximate surface area is 58.4 Å². The number of hydrogen-bond acceptors (Lipinski definition) is 1. The fourth-order valence-corrected chi connectivity index (χ4v) is 1.75. The van der Waals surface area contributed by atoms with E-state index in [0.717, 1.165) is 5.82 Å². The lowest BCUT2D eigenvalue weighted by atomic mass is 10.8. The van der Waals surface area contributed by atoms with Crippen LogP contribution in [0.4, 0.5) is 0 Å². The average Bonchev–Trinajstić information content (AvgIpc) is 2.13. The van der Waals surface area contributed by atoms with Gasteiger partial charge in [-0.15, -0.1) is 0 Å². The second-order valence-electron chi connectivity index (χ2n) is 2.17. The Morgan fingerprint density at radius 2 is 2.22 bits per heavy atom. The summed E-state index contributed by atoms with van der Waals surface area (Å²) in [5, 5.41) is 0. The Morgan fingerprint density at radius 1 is 1.56 bits per heavy atom. The van der Waals surface area contributed by atoms with Gasteiger partial charge in [0, 0.05) is 12.4 Å². The molecule has 1 rings (SSSR count). The summed E-state index contributed by atoms with van der Waals surface area (Å²) in [5.74, 6) is 1.12. The molecule has 0 aliphatic rings. The Hall–Kier alpha value is -0.440. The highest BCUT2D eigenvalue weighted by atomic mass is 32.2. The second kappa shape index (κ2) is 2.43. The lowest BCUT2D eigenvalue weighted by Crippen LogP contribution is -1.93. The van der Waals surface area contributed by atoms with Crippen LogP contribution in [-0.2, 0) is 0 Å². The zero-order chi connectivity index (χ0) is 6.85. The SMILES string of the molecule is Cc1nccn1[SH](C)C. The molecule has 9 heavy (non-hydrogen) atoms. The van der Waals surface area contributed by atoms with Crippen molar-refractivity contribution in [3.8, 4) is 0 Å². The molecule has 0 bridgehead atoms. The van der Waals surface area contributed by atoms with Crippen LogP contribution in [0.3, 0.4) is 0 Å². The van der Waals surface area contributed by atoms with E-state index in [-0.39, 0.29) is 11.1 Å². The Morgan fingerprint density at radius 3 is 2.44 bits per heavy atom. The summed E-state index contributed by atoms with van der Waals surface area (Å²) < 4.78 is 2.20. The predicted molar refractivity (Wildman–Crippen MR) is 43.2 cm³/mol. The maximum atomic E-state index is 4.12. The molecule has 0 aromatic carbocycles. The summed E-state index contributed by atoms with van der Waals surface area (Å²) in [5.41, 5.74) is 0. The Balaban J connectivity index is 2.94. The maximum absolute atomic E-state index is 4.12. The van der Waals surface area contributed by atoms with Crippen molar-refractivity contribution in [2.45, 2.75) is 6.92 Å². The average molecular weight is 144 g/mol. The van der Waals surface area contributed by atoms with Gasteiger partial charge in [-0.1, -0.05) is 0 Å². The van der Waals surface area contributed by atoms with Gasteiger partial charge in [-0.3, -0.25) is 3.97 Å². The van der Waals surface area contributed by atoms with Crippen molar-refractivity contribution in [2.24, 2.45) is 0 Å². The minimum atomic E-state index is -0.0252. The Kier molecular flexibility index (Phi) is 1.81. The molecule has 0 amide bonds. The summed E-state index contributed by atoms with van der Waals surface area (Å²) in [7, 11) is 0. The van der Waals surface area contributed by atoms with Crippen LogP contribution in [0.1, 0.15) is 5.82 Å². The standard InChI is InChI=1S/C6H12N2S/c1-6-7-4-5-8(6)9(2)3/h4-5,9H,1-3H3. The van der Waals surface area contributed by atoms with Crippen molar-refractivity contribution < 1.29 is 0 Å². The normalized spacial score (nSPS) is 11.7.